The highest BCUT2D eigenvalue weighted by Crippen LogP contribution is 2.26. The molecule has 21 heavy (non-hydrogen) atoms. The zero-order valence-corrected chi connectivity index (χ0v) is 13.3. The van der Waals surface area contributed by atoms with Gasteiger partial charge in [0.1, 0.15) is 11.6 Å². The highest BCUT2D eigenvalue weighted by molar-refractivity contribution is 6.20. The molecule has 0 spiro atoms. The number of aryl methyl sites for hydroxylation is 1. The van der Waals surface area contributed by atoms with Gasteiger partial charge in [-0.2, -0.15) is 0 Å². The number of methoxy groups -OCH3 is 1. The smallest absolute Gasteiger partial charge is 0.128 e. The molecule has 1 atom stereocenters. The molecule has 0 aliphatic heterocycles. The molecule has 0 bridgehead atoms. The van der Waals surface area contributed by atoms with Crippen LogP contribution in [0.3, 0.4) is 0 Å². The summed E-state index contributed by atoms with van der Waals surface area (Å²) in [5.41, 5.74) is 2.10. The van der Waals surface area contributed by atoms with Crippen LogP contribution in [0.15, 0.2) is 12.1 Å². The summed E-state index contributed by atoms with van der Waals surface area (Å²) in [4.78, 5) is 4.44. The van der Waals surface area contributed by atoms with Gasteiger partial charge in [-0.3, -0.25) is 0 Å². The molecule has 1 aromatic heterocycles. The molecular weight excluding hydrogens is 295 g/mol. The number of rotatable bonds is 7. The SMILES string of the molecule is COCCOCCn1c(C(C)Cl)nc2cc(F)c(C)cc21. The molecule has 4 nitrogen and oxygen atoms in total. The Balaban J connectivity index is 2.26. The van der Waals surface area contributed by atoms with E-state index in [0.29, 0.717) is 37.4 Å². The average molecular weight is 315 g/mol. The number of alkyl halides is 1. The van der Waals surface area contributed by atoms with E-state index < -0.39 is 0 Å². The maximum absolute atomic E-state index is 13.7. The van der Waals surface area contributed by atoms with Gasteiger partial charge in [-0.05, 0) is 25.5 Å². The largest absolute Gasteiger partial charge is 0.382 e. The Morgan fingerprint density at radius 2 is 2.10 bits per heavy atom. The number of imidazole rings is 1. The molecule has 0 aliphatic carbocycles. The number of fused-ring (bicyclic) bond motifs is 1. The summed E-state index contributed by atoms with van der Waals surface area (Å²) >= 11 is 6.18. The van der Waals surface area contributed by atoms with Gasteiger partial charge in [-0.25, -0.2) is 9.37 Å². The topological polar surface area (TPSA) is 36.3 Å². The molecule has 0 aliphatic rings. The molecule has 116 valence electrons. The van der Waals surface area contributed by atoms with Crippen LogP contribution in [0.25, 0.3) is 11.0 Å². The summed E-state index contributed by atoms with van der Waals surface area (Å²) in [7, 11) is 1.64. The standard InChI is InChI=1S/C15H20ClFN2O2/c1-10-8-14-13(9-12(10)17)18-15(11(2)16)19(14)4-5-21-7-6-20-3/h8-9,11H,4-7H2,1-3H3. The van der Waals surface area contributed by atoms with E-state index in [1.807, 2.05) is 11.5 Å². The minimum absolute atomic E-state index is 0.250. The van der Waals surface area contributed by atoms with E-state index in [2.05, 4.69) is 4.98 Å². The van der Waals surface area contributed by atoms with E-state index in [9.17, 15) is 4.39 Å². The van der Waals surface area contributed by atoms with Crippen LogP contribution < -0.4 is 0 Å². The first-order valence-electron chi connectivity index (χ1n) is 6.91. The fourth-order valence-corrected chi connectivity index (χ4v) is 2.37. The first-order valence-corrected chi connectivity index (χ1v) is 7.35. The molecule has 1 heterocycles. The summed E-state index contributed by atoms with van der Waals surface area (Å²) < 4.78 is 26.1. The van der Waals surface area contributed by atoms with Gasteiger partial charge in [0.2, 0.25) is 0 Å². The third kappa shape index (κ3) is 3.73. The summed E-state index contributed by atoms with van der Waals surface area (Å²) in [6, 6.07) is 3.26. The van der Waals surface area contributed by atoms with Crippen molar-refractivity contribution >= 4 is 22.6 Å². The van der Waals surface area contributed by atoms with Crippen LogP contribution in [0.1, 0.15) is 23.7 Å². The number of ether oxygens (including phenoxy) is 2. The Morgan fingerprint density at radius 3 is 2.76 bits per heavy atom. The van der Waals surface area contributed by atoms with Gasteiger partial charge in [0.05, 0.1) is 36.2 Å². The number of aromatic nitrogens is 2. The molecule has 0 saturated heterocycles. The van der Waals surface area contributed by atoms with Gasteiger partial charge in [-0.1, -0.05) is 0 Å². The van der Waals surface area contributed by atoms with Crippen molar-refractivity contribution < 1.29 is 13.9 Å². The third-order valence-electron chi connectivity index (χ3n) is 3.30. The quantitative estimate of drug-likeness (QED) is 0.580. The fourth-order valence-electron chi connectivity index (χ4n) is 2.21. The van der Waals surface area contributed by atoms with Gasteiger partial charge < -0.3 is 14.0 Å². The Labute approximate surface area is 128 Å². The van der Waals surface area contributed by atoms with Crippen LogP contribution in [0.5, 0.6) is 0 Å². The molecule has 1 unspecified atom stereocenters. The lowest BCUT2D eigenvalue weighted by Crippen LogP contribution is -2.12. The lowest BCUT2D eigenvalue weighted by molar-refractivity contribution is 0.0667. The molecule has 0 amide bonds. The monoisotopic (exact) mass is 314 g/mol. The molecule has 2 aromatic rings. The third-order valence-corrected chi connectivity index (χ3v) is 3.50. The Morgan fingerprint density at radius 1 is 1.33 bits per heavy atom. The molecule has 6 heteroatoms. The van der Waals surface area contributed by atoms with Crippen LogP contribution in [-0.2, 0) is 16.0 Å². The van der Waals surface area contributed by atoms with E-state index in [1.54, 1.807) is 20.1 Å². The van der Waals surface area contributed by atoms with Crippen LogP contribution in [0.2, 0.25) is 0 Å². The predicted octanol–water partition coefficient (Wildman–Crippen LogP) is 3.45. The Kier molecular flexibility index (Phi) is 5.56. The maximum atomic E-state index is 13.7. The number of nitrogens with zero attached hydrogens (tertiary/aromatic N) is 2. The van der Waals surface area contributed by atoms with Gasteiger partial charge in [-0.15, -0.1) is 11.6 Å². The highest BCUT2D eigenvalue weighted by atomic mass is 35.5. The van der Waals surface area contributed by atoms with Gasteiger partial charge in [0.25, 0.3) is 0 Å². The Bertz CT molecular complexity index is 613. The molecular formula is C15H20ClFN2O2. The van der Waals surface area contributed by atoms with Crippen molar-refractivity contribution in [3.8, 4) is 0 Å². The van der Waals surface area contributed by atoms with Crippen molar-refractivity contribution in [2.75, 3.05) is 26.9 Å². The molecule has 0 radical (unpaired) electrons. The van der Waals surface area contributed by atoms with Crippen molar-refractivity contribution in [1.29, 1.82) is 0 Å². The number of hydrogen-bond donors (Lipinski definition) is 0. The van der Waals surface area contributed by atoms with E-state index in [0.717, 1.165) is 11.3 Å². The van der Waals surface area contributed by atoms with Crippen LogP contribution >= 0.6 is 11.6 Å². The highest BCUT2D eigenvalue weighted by Gasteiger charge is 2.16. The minimum atomic E-state index is -0.253. The first kappa shape index (κ1) is 16.2. The second-order valence-electron chi connectivity index (χ2n) is 4.93. The predicted molar refractivity (Wildman–Crippen MR) is 81.4 cm³/mol. The normalized spacial score (nSPS) is 13.0. The lowest BCUT2D eigenvalue weighted by Gasteiger charge is -2.11. The maximum Gasteiger partial charge on any atom is 0.128 e. The van der Waals surface area contributed by atoms with Crippen LogP contribution in [-0.4, -0.2) is 36.5 Å². The van der Waals surface area contributed by atoms with Crippen molar-refractivity contribution in [3.05, 3.63) is 29.3 Å². The zero-order valence-electron chi connectivity index (χ0n) is 12.5. The van der Waals surface area contributed by atoms with Crippen molar-refractivity contribution in [3.63, 3.8) is 0 Å². The van der Waals surface area contributed by atoms with E-state index in [1.165, 1.54) is 6.07 Å². The molecule has 0 saturated carbocycles. The Hall–Kier alpha value is -1.17. The van der Waals surface area contributed by atoms with E-state index in [-0.39, 0.29) is 11.2 Å². The molecule has 1 aromatic carbocycles. The average Bonchev–Trinajstić information content (AvgIpc) is 2.77. The van der Waals surface area contributed by atoms with E-state index >= 15 is 0 Å². The molecule has 0 fully saturated rings. The number of halogens is 2. The van der Waals surface area contributed by atoms with Crippen LogP contribution in [0.4, 0.5) is 4.39 Å². The summed E-state index contributed by atoms with van der Waals surface area (Å²) in [6.45, 7) is 5.86. The molecule has 2 rings (SSSR count). The number of hydrogen-bond acceptors (Lipinski definition) is 3. The summed E-state index contributed by atoms with van der Waals surface area (Å²) in [5.74, 6) is 0.476. The van der Waals surface area contributed by atoms with Crippen molar-refractivity contribution in [2.24, 2.45) is 0 Å². The molecule has 0 N–H and O–H groups in total. The second-order valence-corrected chi connectivity index (χ2v) is 5.59. The van der Waals surface area contributed by atoms with Crippen molar-refractivity contribution in [2.45, 2.75) is 25.8 Å². The van der Waals surface area contributed by atoms with Gasteiger partial charge in [0.15, 0.2) is 0 Å². The van der Waals surface area contributed by atoms with E-state index in [4.69, 9.17) is 21.1 Å². The number of benzene rings is 1. The van der Waals surface area contributed by atoms with Crippen LogP contribution in [0, 0.1) is 12.7 Å². The zero-order chi connectivity index (χ0) is 15.4. The van der Waals surface area contributed by atoms with Crippen molar-refractivity contribution in [1.82, 2.24) is 9.55 Å². The van der Waals surface area contributed by atoms with Gasteiger partial charge in [0, 0.05) is 19.7 Å². The summed E-state index contributed by atoms with van der Waals surface area (Å²) in [6.07, 6.45) is 0. The lowest BCUT2D eigenvalue weighted by atomic mass is 10.2. The first-order chi connectivity index (χ1) is 10.0. The second kappa shape index (κ2) is 7.20. The minimum Gasteiger partial charge on any atom is -0.382 e. The fraction of sp³-hybridized carbons (Fsp3) is 0.533. The van der Waals surface area contributed by atoms with Gasteiger partial charge >= 0.3 is 0 Å². The summed E-state index contributed by atoms with van der Waals surface area (Å²) in [5, 5.41) is -0.250.